The minimum Gasteiger partial charge on any atom is -0.310 e. The fourth-order valence-electron chi connectivity index (χ4n) is 6.81. The van der Waals surface area contributed by atoms with Crippen molar-refractivity contribution in [2.75, 3.05) is 4.90 Å². The highest BCUT2D eigenvalue weighted by atomic mass is 32.1. The van der Waals surface area contributed by atoms with Gasteiger partial charge in [0.1, 0.15) is 0 Å². The maximum Gasteiger partial charge on any atom is 0.0540 e. The molecule has 1 aromatic heterocycles. The van der Waals surface area contributed by atoms with Crippen LogP contribution in [0.1, 0.15) is 0 Å². The van der Waals surface area contributed by atoms with Crippen LogP contribution in [0, 0.1) is 0 Å². The van der Waals surface area contributed by atoms with Crippen molar-refractivity contribution in [1.29, 1.82) is 0 Å². The molecule has 1 nitrogen and oxygen atoms in total. The summed E-state index contributed by atoms with van der Waals surface area (Å²) in [6, 6.07) is 64.0. The van der Waals surface area contributed by atoms with Crippen molar-refractivity contribution in [2.45, 2.75) is 0 Å². The first kappa shape index (κ1) is 26.7. The summed E-state index contributed by atoms with van der Waals surface area (Å²) in [4.78, 5) is 2.41. The Kier molecular flexibility index (Phi) is 6.40. The number of hydrogen-bond acceptors (Lipinski definition) is 2. The van der Waals surface area contributed by atoms with Crippen molar-refractivity contribution in [3.63, 3.8) is 0 Å². The van der Waals surface area contributed by atoms with Gasteiger partial charge in [-0.1, -0.05) is 127 Å². The van der Waals surface area contributed by atoms with E-state index in [0.717, 1.165) is 17.1 Å². The number of thiophene rings is 1. The first-order valence-corrected chi connectivity index (χ1v) is 16.5. The molecule has 0 saturated carbocycles. The van der Waals surface area contributed by atoms with E-state index in [0.29, 0.717) is 0 Å². The van der Waals surface area contributed by atoms with Crippen LogP contribution < -0.4 is 4.90 Å². The van der Waals surface area contributed by atoms with E-state index in [2.05, 4.69) is 181 Å². The summed E-state index contributed by atoms with van der Waals surface area (Å²) in [6.45, 7) is 0. The second kappa shape index (κ2) is 11.0. The quantitative estimate of drug-likeness (QED) is 0.189. The maximum absolute atomic E-state index is 2.41. The van der Waals surface area contributed by atoms with Gasteiger partial charge >= 0.3 is 0 Å². The van der Waals surface area contributed by atoms with E-state index in [1.807, 2.05) is 11.3 Å². The molecular weight excluding hydrogens is 575 g/mol. The summed E-state index contributed by atoms with van der Waals surface area (Å²) in [5.41, 5.74) is 8.22. The number of nitrogens with zero attached hydrogens (tertiary/aromatic N) is 1. The highest BCUT2D eigenvalue weighted by Crippen LogP contribution is 2.44. The van der Waals surface area contributed by atoms with Gasteiger partial charge in [-0.25, -0.2) is 0 Å². The van der Waals surface area contributed by atoms with E-state index >= 15 is 0 Å². The van der Waals surface area contributed by atoms with Crippen molar-refractivity contribution in [3.8, 4) is 22.3 Å². The Hall–Kier alpha value is -5.70. The molecule has 0 saturated heterocycles. The summed E-state index contributed by atoms with van der Waals surface area (Å²) in [5.74, 6) is 0. The SMILES string of the molecule is c1ccc(-c2ccc(N(c3ccc4c(ccc5sc6ccccc6c54)c3)c3ccccc3-c3ccc4ccccc4c3)cc2)cc1. The largest absolute Gasteiger partial charge is 0.310 e. The van der Waals surface area contributed by atoms with Crippen molar-refractivity contribution >= 4 is 70.1 Å². The molecule has 0 aliphatic carbocycles. The second-order valence-electron chi connectivity index (χ2n) is 11.8. The number of para-hydroxylation sites is 1. The van der Waals surface area contributed by atoms with E-state index in [4.69, 9.17) is 0 Å². The summed E-state index contributed by atoms with van der Waals surface area (Å²) in [5, 5.41) is 7.70. The molecule has 0 aliphatic rings. The average Bonchev–Trinajstić information content (AvgIpc) is 3.52. The molecule has 9 aromatic rings. The lowest BCUT2D eigenvalue weighted by molar-refractivity contribution is 1.29. The number of benzene rings is 8. The Balaban J connectivity index is 1.24. The number of hydrogen-bond donors (Lipinski definition) is 0. The smallest absolute Gasteiger partial charge is 0.0540 e. The van der Waals surface area contributed by atoms with Gasteiger partial charge in [0.05, 0.1) is 5.69 Å². The molecule has 8 aromatic carbocycles. The van der Waals surface area contributed by atoms with Crippen molar-refractivity contribution in [1.82, 2.24) is 0 Å². The Morgan fingerprint density at radius 3 is 1.93 bits per heavy atom. The molecule has 46 heavy (non-hydrogen) atoms. The lowest BCUT2D eigenvalue weighted by Crippen LogP contribution is -2.11. The van der Waals surface area contributed by atoms with Crippen LogP contribution in [0.25, 0.3) is 64.0 Å². The van der Waals surface area contributed by atoms with Gasteiger partial charge in [0.15, 0.2) is 0 Å². The lowest BCUT2D eigenvalue weighted by Gasteiger charge is -2.28. The van der Waals surface area contributed by atoms with Crippen molar-refractivity contribution in [2.24, 2.45) is 0 Å². The minimum absolute atomic E-state index is 1.12. The van der Waals surface area contributed by atoms with E-state index in [-0.39, 0.29) is 0 Å². The van der Waals surface area contributed by atoms with Crippen LogP contribution in [0.2, 0.25) is 0 Å². The van der Waals surface area contributed by atoms with Crippen LogP contribution in [0.15, 0.2) is 176 Å². The van der Waals surface area contributed by atoms with Crippen molar-refractivity contribution in [3.05, 3.63) is 176 Å². The Morgan fingerprint density at radius 2 is 1.04 bits per heavy atom. The lowest BCUT2D eigenvalue weighted by atomic mass is 9.98. The molecule has 0 spiro atoms. The molecule has 0 radical (unpaired) electrons. The highest BCUT2D eigenvalue weighted by Gasteiger charge is 2.19. The number of rotatable bonds is 5. The van der Waals surface area contributed by atoms with Crippen LogP contribution >= 0.6 is 11.3 Å². The molecule has 0 amide bonds. The molecule has 1 heterocycles. The second-order valence-corrected chi connectivity index (χ2v) is 12.9. The topological polar surface area (TPSA) is 3.24 Å². The third-order valence-electron chi connectivity index (χ3n) is 9.04. The van der Waals surface area contributed by atoms with Crippen LogP contribution in [-0.2, 0) is 0 Å². The summed E-state index contributed by atoms with van der Waals surface area (Å²) in [6.07, 6.45) is 0. The van der Waals surface area contributed by atoms with Crippen molar-refractivity contribution < 1.29 is 0 Å². The predicted molar refractivity (Wildman–Crippen MR) is 200 cm³/mol. The van der Waals surface area contributed by atoms with Crippen LogP contribution in [0.4, 0.5) is 17.1 Å². The summed E-state index contributed by atoms with van der Waals surface area (Å²) < 4.78 is 2.66. The molecule has 0 fully saturated rings. The molecule has 0 bridgehead atoms. The number of anilines is 3. The Labute approximate surface area is 272 Å². The zero-order valence-electron chi connectivity index (χ0n) is 25.1. The van der Waals surface area contributed by atoms with Gasteiger partial charge in [0, 0.05) is 37.1 Å². The fraction of sp³-hybridized carbons (Fsp3) is 0. The highest BCUT2D eigenvalue weighted by molar-refractivity contribution is 7.26. The standard InChI is InChI=1S/C44H29NS/c1-2-10-30(11-3-1)32-20-23-36(24-21-32)45(41-16-8-6-14-38(41)34-19-18-31-12-4-5-13-33(31)28-34)37-25-26-39-35(29-37)22-27-43-44(39)40-15-7-9-17-42(40)46-43/h1-29H. The molecule has 2 heteroatoms. The zero-order chi connectivity index (χ0) is 30.5. The van der Waals surface area contributed by atoms with Gasteiger partial charge in [-0.05, 0) is 86.8 Å². The Bertz CT molecular complexity index is 2530. The van der Waals surface area contributed by atoms with E-state index in [9.17, 15) is 0 Å². The van der Waals surface area contributed by atoms with Gasteiger partial charge in [-0.15, -0.1) is 11.3 Å². The monoisotopic (exact) mass is 603 g/mol. The molecule has 0 aliphatic heterocycles. The third kappa shape index (κ3) is 4.54. The maximum atomic E-state index is 2.41. The predicted octanol–water partition coefficient (Wildman–Crippen LogP) is 13.2. The molecular formula is C44H29NS. The van der Waals surface area contributed by atoms with E-state index in [1.165, 1.54) is 64.0 Å². The van der Waals surface area contributed by atoms with E-state index < -0.39 is 0 Å². The summed E-state index contributed by atoms with van der Waals surface area (Å²) in [7, 11) is 0. The van der Waals surface area contributed by atoms with Crippen LogP contribution in [0.3, 0.4) is 0 Å². The first-order valence-electron chi connectivity index (χ1n) is 15.7. The zero-order valence-corrected chi connectivity index (χ0v) is 25.9. The fourth-order valence-corrected chi connectivity index (χ4v) is 7.93. The number of fused-ring (bicyclic) bond motifs is 6. The Morgan fingerprint density at radius 1 is 0.370 bits per heavy atom. The summed E-state index contributed by atoms with van der Waals surface area (Å²) >= 11 is 1.87. The first-order chi connectivity index (χ1) is 22.8. The normalized spacial score (nSPS) is 11.5. The van der Waals surface area contributed by atoms with Gasteiger partial charge in [0.2, 0.25) is 0 Å². The third-order valence-corrected chi connectivity index (χ3v) is 10.2. The minimum atomic E-state index is 1.12. The van der Waals surface area contributed by atoms with Gasteiger partial charge < -0.3 is 4.90 Å². The molecule has 0 atom stereocenters. The van der Waals surface area contributed by atoms with Gasteiger partial charge in [-0.2, -0.15) is 0 Å². The van der Waals surface area contributed by atoms with Crippen LogP contribution in [-0.4, -0.2) is 0 Å². The molecule has 0 N–H and O–H groups in total. The molecule has 216 valence electrons. The van der Waals surface area contributed by atoms with E-state index in [1.54, 1.807) is 0 Å². The van der Waals surface area contributed by atoms with Gasteiger partial charge in [-0.3, -0.25) is 0 Å². The van der Waals surface area contributed by atoms with Gasteiger partial charge in [0.25, 0.3) is 0 Å². The van der Waals surface area contributed by atoms with Crippen LogP contribution in [0.5, 0.6) is 0 Å². The molecule has 9 rings (SSSR count). The molecule has 0 unspecified atom stereocenters. The average molecular weight is 604 g/mol.